The van der Waals surface area contributed by atoms with Crippen LogP contribution in [-0.4, -0.2) is 70.5 Å². The highest BCUT2D eigenvalue weighted by Gasteiger charge is 2.38. The van der Waals surface area contributed by atoms with Crippen molar-refractivity contribution in [2.24, 2.45) is 18.9 Å². The highest BCUT2D eigenvalue weighted by molar-refractivity contribution is 5.96. The summed E-state index contributed by atoms with van der Waals surface area (Å²) in [5.74, 6) is 2.03. The summed E-state index contributed by atoms with van der Waals surface area (Å²) in [4.78, 5) is 26.8. The number of nitrogens with zero attached hydrogens (tertiary/aromatic N) is 5. The molecular formula is C29H33FN6O2. The van der Waals surface area contributed by atoms with E-state index in [1.54, 1.807) is 20.4 Å². The maximum atomic E-state index is 14.0. The lowest BCUT2D eigenvalue weighted by Gasteiger charge is -2.36. The number of hydrogen-bond acceptors (Lipinski definition) is 5. The first-order valence-corrected chi connectivity index (χ1v) is 13.1. The number of rotatable bonds is 6. The first kappa shape index (κ1) is 24.5. The third-order valence-electron chi connectivity index (χ3n) is 7.86. The highest BCUT2D eigenvalue weighted by Crippen LogP contribution is 2.38. The van der Waals surface area contributed by atoms with Crippen LogP contribution in [0.5, 0.6) is 11.6 Å². The van der Waals surface area contributed by atoms with E-state index in [9.17, 15) is 9.18 Å². The summed E-state index contributed by atoms with van der Waals surface area (Å²) >= 11 is 0. The molecule has 0 spiro atoms. The van der Waals surface area contributed by atoms with Crippen molar-refractivity contribution in [2.45, 2.75) is 13.0 Å². The number of imidazole rings is 1. The molecule has 1 amide bonds. The molecule has 8 nitrogen and oxygen atoms in total. The normalized spacial score (nSPS) is 19.6. The number of benzene rings is 2. The number of halogens is 1. The zero-order chi connectivity index (χ0) is 26.4. The molecule has 6 rings (SSSR count). The van der Waals surface area contributed by atoms with Gasteiger partial charge in [-0.25, -0.2) is 9.37 Å². The smallest absolute Gasteiger partial charge is 0.262 e. The summed E-state index contributed by atoms with van der Waals surface area (Å²) in [6.07, 6.45) is 4.81. The molecule has 4 heterocycles. The molecule has 4 aromatic rings. The lowest BCUT2D eigenvalue weighted by Crippen LogP contribution is -2.41. The number of fused-ring (bicyclic) bond motifs is 2. The zero-order valence-corrected chi connectivity index (χ0v) is 22.0. The molecule has 2 fully saturated rings. The number of piperidine rings is 1. The molecule has 2 atom stereocenters. The molecule has 198 valence electrons. The van der Waals surface area contributed by atoms with Crippen molar-refractivity contribution in [3.63, 3.8) is 0 Å². The lowest BCUT2D eigenvalue weighted by atomic mass is 9.89. The number of amides is 1. The molecule has 2 aliphatic rings. The fourth-order valence-corrected chi connectivity index (χ4v) is 5.97. The number of aryl methyl sites for hydroxylation is 1. The fourth-order valence-electron chi connectivity index (χ4n) is 5.97. The molecular weight excluding hydrogens is 483 g/mol. The summed E-state index contributed by atoms with van der Waals surface area (Å²) in [7, 11) is 5.23. The minimum Gasteiger partial charge on any atom is -0.435 e. The number of hydrogen-bond donors (Lipinski definition) is 1. The quantitative estimate of drug-likeness (QED) is 0.409. The van der Waals surface area contributed by atoms with Gasteiger partial charge in [0.15, 0.2) is 5.82 Å². The molecule has 0 aliphatic carbocycles. The Morgan fingerprint density at radius 1 is 1.13 bits per heavy atom. The van der Waals surface area contributed by atoms with Gasteiger partial charge in [-0.05, 0) is 59.5 Å². The molecule has 2 aromatic heterocycles. The van der Waals surface area contributed by atoms with Crippen molar-refractivity contribution in [3.05, 3.63) is 71.9 Å². The van der Waals surface area contributed by atoms with Crippen LogP contribution in [0.25, 0.3) is 10.9 Å². The number of carbonyl (C=O) groups excluding carboxylic acids is 1. The zero-order valence-electron chi connectivity index (χ0n) is 22.0. The fraction of sp³-hybridized carbons (Fsp3) is 0.379. The van der Waals surface area contributed by atoms with E-state index < -0.39 is 5.82 Å². The van der Waals surface area contributed by atoms with Crippen molar-refractivity contribution in [1.82, 2.24) is 24.3 Å². The number of anilines is 1. The number of carbonyl (C=O) groups is 1. The van der Waals surface area contributed by atoms with E-state index in [-0.39, 0.29) is 11.5 Å². The van der Waals surface area contributed by atoms with E-state index in [0.29, 0.717) is 23.5 Å². The van der Waals surface area contributed by atoms with Gasteiger partial charge in [0, 0.05) is 65.6 Å². The van der Waals surface area contributed by atoms with Gasteiger partial charge < -0.3 is 24.1 Å². The standard InChI is InChI=1S/C29H33FN6O2/c1-33(2)29(37)24-13-23(30)6-7-26(24)38-27-28(34(3)18-32-27)36-11-9-21-15-35(16-22(21)17-36)14-19-4-5-20-8-10-31-25(20)12-19/h4-8,10,12-13,18,21-22,31H,9,11,14-17H2,1-3H3. The molecule has 1 N–H and O–H groups in total. The highest BCUT2D eigenvalue weighted by atomic mass is 19.1. The minimum absolute atomic E-state index is 0.175. The number of nitrogens with one attached hydrogen (secondary N) is 1. The third-order valence-corrected chi connectivity index (χ3v) is 7.86. The van der Waals surface area contributed by atoms with Crippen LogP contribution in [-0.2, 0) is 13.6 Å². The summed E-state index contributed by atoms with van der Waals surface area (Å²) in [6.45, 7) is 4.94. The van der Waals surface area contributed by atoms with Crippen molar-refractivity contribution in [3.8, 4) is 11.6 Å². The summed E-state index contributed by atoms with van der Waals surface area (Å²) < 4.78 is 22.1. The van der Waals surface area contributed by atoms with Crippen LogP contribution in [0, 0.1) is 17.7 Å². The van der Waals surface area contributed by atoms with Gasteiger partial charge in [-0.1, -0.05) is 12.1 Å². The van der Waals surface area contributed by atoms with Gasteiger partial charge in [0.05, 0.1) is 5.56 Å². The number of ether oxygens (including phenoxy) is 1. The van der Waals surface area contributed by atoms with Gasteiger partial charge in [-0.15, -0.1) is 0 Å². The SMILES string of the molecule is CN(C)C(=O)c1cc(F)ccc1Oc1ncn(C)c1N1CCC2CN(Cc3ccc4cc[nH]c4c3)CC2C1. The lowest BCUT2D eigenvalue weighted by molar-refractivity contribution is 0.0824. The van der Waals surface area contributed by atoms with Gasteiger partial charge in [-0.3, -0.25) is 9.69 Å². The molecule has 2 unspecified atom stereocenters. The predicted molar refractivity (Wildman–Crippen MR) is 145 cm³/mol. The topological polar surface area (TPSA) is 69.6 Å². The molecule has 2 aromatic carbocycles. The molecule has 0 bridgehead atoms. The Balaban J connectivity index is 1.17. The van der Waals surface area contributed by atoms with E-state index in [2.05, 4.69) is 44.0 Å². The summed E-state index contributed by atoms with van der Waals surface area (Å²) in [6, 6.07) is 12.8. The Morgan fingerprint density at radius 2 is 1.97 bits per heavy atom. The van der Waals surface area contributed by atoms with E-state index in [1.165, 1.54) is 39.6 Å². The Morgan fingerprint density at radius 3 is 2.82 bits per heavy atom. The van der Waals surface area contributed by atoms with Crippen molar-refractivity contribution in [1.29, 1.82) is 0 Å². The minimum atomic E-state index is -0.482. The average Bonchev–Trinajstić information content (AvgIpc) is 3.62. The third kappa shape index (κ3) is 4.62. The second-order valence-corrected chi connectivity index (χ2v) is 10.8. The first-order chi connectivity index (χ1) is 18.4. The molecule has 9 heteroatoms. The Labute approximate surface area is 221 Å². The monoisotopic (exact) mass is 516 g/mol. The number of aromatic amines is 1. The van der Waals surface area contributed by atoms with E-state index in [1.807, 2.05) is 17.8 Å². The van der Waals surface area contributed by atoms with E-state index in [0.717, 1.165) is 45.0 Å². The first-order valence-electron chi connectivity index (χ1n) is 13.1. The average molecular weight is 517 g/mol. The van der Waals surface area contributed by atoms with Gasteiger partial charge in [-0.2, -0.15) is 0 Å². The summed E-state index contributed by atoms with van der Waals surface area (Å²) in [5, 5.41) is 1.24. The van der Waals surface area contributed by atoms with Crippen molar-refractivity contribution in [2.75, 3.05) is 45.2 Å². The van der Waals surface area contributed by atoms with E-state index >= 15 is 0 Å². The number of H-pyrrole nitrogens is 1. The van der Waals surface area contributed by atoms with Crippen LogP contribution in [0.3, 0.4) is 0 Å². The van der Waals surface area contributed by atoms with Crippen LogP contribution >= 0.6 is 0 Å². The Bertz CT molecular complexity index is 1480. The summed E-state index contributed by atoms with van der Waals surface area (Å²) in [5.41, 5.74) is 2.69. The molecule has 38 heavy (non-hydrogen) atoms. The maximum Gasteiger partial charge on any atom is 0.262 e. The number of likely N-dealkylation sites (tertiary alicyclic amines) is 1. The van der Waals surface area contributed by atoms with Gasteiger partial charge in [0.2, 0.25) is 0 Å². The molecule has 0 radical (unpaired) electrons. The van der Waals surface area contributed by atoms with Crippen LogP contribution in [0.2, 0.25) is 0 Å². The van der Waals surface area contributed by atoms with Crippen LogP contribution < -0.4 is 9.64 Å². The number of aromatic nitrogens is 3. The van der Waals surface area contributed by atoms with Crippen molar-refractivity contribution < 1.29 is 13.9 Å². The van der Waals surface area contributed by atoms with Gasteiger partial charge in [0.25, 0.3) is 11.8 Å². The van der Waals surface area contributed by atoms with Gasteiger partial charge >= 0.3 is 0 Å². The van der Waals surface area contributed by atoms with Crippen LogP contribution in [0.4, 0.5) is 10.2 Å². The maximum absolute atomic E-state index is 14.0. The second-order valence-electron chi connectivity index (χ2n) is 10.8. The molecule has 0 saturated carbocycles. The van der Waals surface area contributed by atoms with Crippen LogP contribution in [0.1, 0.15) is 22.3 Å². The molecule has 2 saturated heterocycles. The Hall–Kier alpha value is -3.85. The second kappa shape index (κ2) is 9.79. The van der Waals surface area contributed by atoms with E-state index in [4.69, 9.17) is 4.74 Å². The van der Waals surface area contributed by atoms with Crippen molar-refractivity contribution >= 4 is 22.6 Å². The van der Waals surface area contributed by atoms with Gasteiger partial charge in [0.1, 0.15) is 17.9 Å². The Kier molecular flexibility index (Phi) is 6.31. The largest absolute Gasteiger partial charge is 0.435 e. The molecule has 2 aliphatic heterocycles. The predicted octanol–water partition coefficient (Wildman–Crippen LogP) is 4.49. The van der Waals surface area contributed by atoms with Crippen LogP contribution in [0.15, 0.2) is 55.0 Å².